The number of pyridine rings is 6. The molecule has 6 aromatic heterocycles. The van der Waals surface area contributed by atoms with Gasteiger partial charge in [-0.15, -0.1) is 0 Å². The van der Waals surface area contributed by atoms with Crippen LogP contribution in [0.3, 0.4) is 0 Å². The number of halogens is 2. The zero-order valence-electron chi connectivity index (χ0n) is 37.8. The van der Waals surface area contributed by atoms with E-state index in [4.69, 9.17) is 0 Å². The van der Waals surface area contributed by atoms with Gasteiger partial charge in [0, 0.05) is 93.1 Å². The number of carbonyl (C=O) groups is 6. The predicted molar refractivity (Wildman–Crippen MR) is 254 cm³/mol. The summed E-state index contributed by atoms with van der Waals surface area (Å²) >= 11 is 0. The summed E-state index contributed by atoms with van der Waals surface area (Å²) in [6.45, 7) is 0.240. The third kappa shape index (κ3) is 17.7. The average Bonchev–Trinajstić information content (AvgIpc) is 3.38. The van der Waals surface area contributed by atoms with Gasteiger partial charge >= 0.3 is 19.5 Å². The molecule has 7 aromatic rings. The summed E-state index contributed by atoms with van der Waals surface area (Å²) in [6.07, 6.45) is 9.25. The first kappa shape index (κ1) is 62.4. The van der Waals surface area contributed by atoms with Crippen molar-refractivity contribution in [2.75, 3.05) is 39.3 Å². The molecule has 0 aliphatic heterocycles. The number of nitrogens with zero attached hydrogens (tertiary/aromatic N) is 6. The second kappa shape index (κ2) is 31.6. The molecule has 0 unspecified atom stereocenters. The maximum absolute atomic E-state index is 13.4. The summed E-state index contributed by atoms with van der Waals surface area (Å²) in [5.74, 6) is -3.04. The fourth-order valence-electron chi connectivity index (χ4n) is 6.27. The topological polar surface area (TPSA) is 346 Å². The third-order valence-electron chi connectivity index (χ3n) is 9.67. The summed E-state index contributed by atoms with van der Waals surface area (Å²) in [7, 11) is 0. The Balaban J connectivity index is 0.00000432. The van der Waals surface area contributed by atoms with Crippen molar-refractivity contribution in [1.29, 1.82) is 0 Å². The van der Waals surface area contributed by atoms with Crippen LogP contribution in [0.2, 0.25) is 0 Å². The minimum atomic E-state index is -0.612. The molecule has 0 saturated heterocycles. The molecule has 12 N–H and O–H groups in total. The maximum Gasteiger partial charge on any atom is 2.00 e. The van der Waals surface area contributed by atoms with Crippen LogP contribution in [0.1, 0.15) is 62.1 Å². The van der Waals surface area contributed by atoms with Gasteiger partial charge in [-0.25, -0.2) is 0 Å². The van der Waals surface area contributed by atoms with Crippen LogP contribution in [0.25, 0.3) is 34.2 Å². The molecule has 0 saturated carbocycles. The number of hydrogen-bond acceptors (Lipinski definition) is 12. The molecule has 72 heavy (non-hydrogen) atoms. The standard InChI is InChI=1S/C48H42N12O6.2BrH.3H2O.Ru/c61-43(31-10-13-40(58-28-31)37-7-1-4-16-49-37)52-19-22-55-46(64)34-25-35(47(65)56-23-20-53-44(62)32-11-14-41(59-29-32)38-8-2-5-17-50-38)27-36(26-34)48(66)57-24-21-54-45(63)33-12-15-42(60-30-33)39-9-3-6-18-51-39;;;;;;/h1-18,25-30H,19-24H2,(H,52,61)(H,53,62)(H,54,63)(H,55,64)(H,56,65)(H,57,66);2*1H;3*1H2;/q;;;;;;+2/p-2. The largest absolute Gasteiger partial charge is 2.00 e. The Kier molecular flexibility index (Phi) is 27.4. The molecule has 1 aromatic carbocycles. The van der Waals surface area contributed by atoms with Crippen molar-refractivity contribution in [2.24, 2.45) is 0 Å². The molecular weight excluding hydrogens is 1150 g/mol. The Morgan fingerprint density at radius 1 is 0.306 bits per heavy atom. The number of nitrogens with one attached hydrogen (secondary N) is 6. The molecule has 0 fully saturated rings. The van der Waals surface area contributed by atoms with Crippen LogP contribution in [-0.4, -0.2) is 121 Å². The summed E-state index contributed by atoms with van der Waals surface area (Å²) in [6, 6.07) is 30.2. The number of amides is 6. The molecule has 0 spiro atoms. The molecule has 6 heterocycles. The van der Waals surface area contributed by atoms with E-state index in [1.165, 1.54) is 36.8 Å². The Hall–Kier alpha value is -7.60. The van der Waals surface area contributed by atoms with Crippen molar-refractivity contribution in [3.8, 4) is 34.2 Å². The van der Waals surface area contributed by atoms with Gasteiger partial charge in [-0.1, -0.05) is 18.2 Å². The molecule has 24 heteroatoms. The van der Waals surface area contributed by atoms with E-state index in [1.807, 2.05) is 36.4 Å². The predicted octanol–water partition coefficient (Wildman–Crippen LogP) is -4.93. The van der Waals surface area contributed by atoms with Crippen LogP contribution in [-0.2, 0) is 19.5 Å². The molecule has 376 valence electrons. The van der Waals surface area contributed by atoms with E-state index >= 15 is 0 Å². The van der Waals surface area contributed by atoms with E-state index in [2.05, 4.69) is 61.8 Å². The maximum atomic E-state index is 13.4. The monoisotopic (exact) mass is 1200 g/mol. The van der Waals surface area contributed by atoms with E-state index < -0.39 is 35.4 Å². The molecule has 6 amide bonds. The Morgan fingerprint density at radius 3 is 0.722 bits per heavy atom. The first-order chi connectivity index (χ1) is 32.2. The third-order valence-corrected chi connectivity index (χ3v) is 9.67. The van der Waals surface area contributed by atoms with Gasteiger partial charge < -0.3 is 82.3 Å². The first-order valence-electron chi connectivity index (χ1n) is 20.7. The fourth-order valence-corrected chi connectivity index (χ4v) is 6.27. The van der Waals surface area contributed by atoms with Crippen LogP contribution in [0.15, 0.2) is 146 Å². The van der Waals surface area contributed by atoms with E-state index in [-0.39, 0.29) is 126 Å². The Labute approximate surface area is 446 Å². The van der Waals surface area contributed by atoms with E-state index in [0.717, 1.165) is 0 Å². The minimum Gasteiger partial charge on any atom is -1.00 e. The van der Waals surface area contributed by atoms with Crippen molar-refractivity contribution in [2.45, 2.75) is 0 Å². The average molecular weight is 1200 g/mol. The molecule has 0 radical (unpaired) electrons. The summed E-state index contributed by atoms with van der Waals surface area (Å²) in [4.78, 5) is 104. The number of carbonyl (C=O) groups excluding carboxylic acids is 6. The SMILES string of the molecule is O.O.O.O=C(NCCNC(=O)c1cc(C(=O)NCCNC(=O)c2ccc(-c3ccccn3)nc2)cc(C(=O)NCCNC(=O)c2ccc(-c3ccccn3)nc2)c1)c1ccc(-c2ccccn2)nc1.[Br-].[Br-].[Ru+2]. The van der Waals surface area contributed by atoms with E-state index in [0.29, 0.717) is 50.9 Å². The number of hydrogen-bond donors (Lipinski definition) is 6. The van der Waals surface area contributed by atoms with Gasteiger partial charge in [0.2, 0.25) is 0 Å². The first-order valence-corrected chi connectivity index (χ1v) is 20.7. The molecular formula is C48H48Br2N12O9Ru. The van der Waals surface area contributed by atoms with Crippen LogP contribution >= 0.6 is 0 Å². The summed E-state index contributed by atoms with van der Waals surface area (Å²) < 4.78 is 0. The van der Waals surface area contributed by atoms with E-state index in [9.17, 15) is 28.8 Å². The molecule has 21 nitrogen and oxygen atoms in total. The normalized spacial score (nSPS) is 9.67. The molecule has 0 bridgehead atoms. The molecule has 0 aliphatic rings. The van der Waals surface area contributed by atoms with Crippen LogP contribution in [0.4, 0.5) is 0 Å². The van der Waals surface area contributed by atoms with E-state index in [1.54, 1.807) is 73.2 Å². The minimum absolute atomic E-state index is 0. The van der Waals surface area contributed by atoms with Crippen molar-refractivity contribution in [3.63, 3.8) is 0 Å². The van der Waals surface area contributed by atoms with Crippen molar-refractivity contribution in [3.05, 3.63) is 180 Å². The van der Waals surface area contributed by atoms with Gasteiger partial charge in [-0.2, -0.15) is 0 Å². The quantitative estimate of drug-likeness (QED) is 0.0348. The molecule has 0 aliphatic carbocycles. The van der Waals surface area contributed by atoms with Gasteiger partial charge in [0.05, 0.1) is 50.9 Å². The second-order valence-corrected chi connectivity index (χ2v) is 14.3. The van der Waals surface area contributed by atoms with Gasteiger partial charge in [0.1, 0.15) is 0 Å². The fraction of sp³-hybridized carbons (Fsp3) is 0.125. The Bertz CT molecular complexity index is 2510. The van der Waals surface area contributed by atoms with Crippen molar-refractivity contribution in [1.82, 2.24) is 61.8 Å². The Morgan fingerprint density at radius 2 is 0.528 bits per heavy atom. The van der Waals surface area contributed by atoms with Crippen LogP contribution < -0.4 is 65.9 Å². The summed E-state index contributed by atoms with van der Waals surface area (Å²) in [5, 5.41) is 16.3. The van der Waals surface area contributed by atoms with Gasteiger partial charge in [0.15, 0.2) is 0 Å². The molecule has 7 rings (SSSR count). The summed E-state index contributed by atoms with van der Waals surface area (Å²) in [5.41, 5.74) is 4.75. The number of benzene rings is 1. The zero-order valence-corrected chi connectivity index (χ0v) is 42.8. The van der Waals surface area contributed by atoms with Gasteiger partial charge in [-0.3, -0.25) is 58.7 Å². The smallest absolute Gasteiger partial charge is 1.00 e. The van der Waals surface area contributed by atoms with Gasteiger partial charge in [-0.05, 0) is 91.0 Å². The van der Waals surface area contributed by atoms with Crippen molar-refractivity contribution >= 4 is 35.4 Å². The number of rotatable bonds is 18. The zero-order chi connectivity index (χ0) is 46.1. The van der Waals surface area contributed by atoms with Crippen molar-refractivity contribution < 1.29 is 98.6 Å². The second-order valence-electron chi connectivity index (χ2n) is 14.3. The van der Waals surface area contributed by atoms with Crippen LogP contribution in [0, 0.1) is 0 Å². The number of aromatic nitrogens is 6. The van der Waals surface area contributed by atoms with Crippen LogP contribution in [0.5, 0.6) is 0 Å². The van der Waals surface area contributed by atoms with Gasteiger partial charge in [0.25, 0.3) is 35.4 Å². The molecule has 0 atom stereocenters.